The fourth-order valence-corrected chi connectivity index (χ4v) is 2.25. The van der Waals surface area contributed by atoms with Crippen molar-refractivity contribution in [1.29, 1.82) is 0 Å². The molecule has 0 saturated heterocycles. The van der Waals surface area contributed by atoms with Crippen LogP contribution < -0.4 is 0 Å². The molecule has 16 heavy (non-hydrogen) atoms. The smallest absolute Gasteiger partial charge is 0.238 e. The van der Waals surface area contributed by atoms with Gasteiger partial charge in [0.25, 0.3) is 0 Å². The van der Waals surface area contributed by atoms with Gasteiger partial charge < -0.3 is 0 Å². The second-order valence-electron chi connectivity index (χ2n) is 3.33. The maximum Gasteiger partial charge on any atom is 0.238 e. The highest BCUT2D eigenvalue weighted by Crippen LogP contribution is 2.18. The van der Waals surface area contributed by atoms with Crippen molar-refractivity contribution in [3.63, 3.8) is 0 Å². The van der Waals surface area contributed by atoms with Crippen molar-refractivity contribution in [2.24, 2.45) is 0 Å². The highest BCUT2D eigenvalue weighted by atomic mass is 35.7. The molecule has 0 aliphatic heterocycles. The Morgan fingerprint density at radius 3 is 2.56 bits per heavy atom. The van der Waals surface area contributed by atoms with Crippen LogP contribution in [-0.2, 0) is 14.8 Å². The Bertz CT molecular complexity index is 578. The van der Waals surface area contributed by atoms with Gasteiger partial charge in [0.1, 0.15) is 5.75 Å². The monoisotopic (exact) mass is 256 g/mol. The van der Waals surface area contributed by atoms with Gasteiger partial charge >= 0.3 is 0 Å². The van der Waals surface area contributed by atoms with E-state index >= 15 is 0 Å². The molecular formula is C10H9ClN2O2S. The molecule has 0 unspecified atom stereocenters. The van der Waals surface area contributed by atoms with E-state index in [4.69, 9.17) is 10.7 Å². The number of benzene rings is 1. The predicted octanol–water partition coefficient (Wildman–Crippen LogP) is 2.15. The number of nitrogens with zero attached hydrogens (tertiary/aromatic N) is 1. The molecule has 4 nitrogen and oxygen atoms in total. The van der Waals surface area contributed by atoms with E-state index in [-0.39, 0.29) is 5.75 Å². The van der Waals surface area contributed by atoms with Crippen LogP contribution in [0, 0.1) is 0 Å². The van der Waals surface area contributed by atoms with Crippen LogP contribution in [0.25, 0.3) is 11.3 Å². The number of hydrogen-bond donors (Lipinski definition) is 1. The molecule has 0 amide bonds. The van der Waals surface area contributed by atoms with E-state index in [2.05, 4.69) is 10.2 Å². The van der Waals surface area contributed by atoms with Crippen molar-refractivity contribution < 1.29 is 8.42 Å². The van der Waals surface area contributed by atoms with Crippen LogP contribution in [0.1, 0.15) is 5.69 Å². The van der Waals surface area contributed by atoms with Crippen LogP contribution in [0.4, 0.5) is 0 Å². The summed E-state index contributed by atoms with van der Waals surface area (Å²) in [5, 5.41) is 6.67. The van der Waals surface area contributed by atoms with Crippen molar-refractivity contribution >= 4 is 19.7 Å². The number of halogens is 1. The molecule has 0 atom stereocenters. The van der Waals surface area contributed by atoms with Gasteiger partial charge in [0.15, 0.2) is 0 Å². The van der Waals surface area contributed by atoms with Gasteiger partial charge in [-0.05, 0) is 6.07 Å². The third-order valence-corrected chi connectivity index (χ3v) is 3.01. The lowest BCUT2D eigenvalue weighted by Crippen LogP contribution is -1.94. The van der Waals surface area contributed by atoms with Crippen LogP contribution in [0.3, 0.4) is 0 Å². The Balaban J connectivity index is 2.27. The first-order chi connectivity index (χ1) is 7.54. The van der Waals surface area contributed by atoms with Gasteiger partial charge in [-0.1, -0.05) is 30.3 Å². The Morgan fingerprint density at radius 1 is 1.25 bits per heavy atom. The summed E-state index contributed by atoms with van der Waals surface area (Å²) in [7, 11) is 1.60. The quantitative estimate of drug-likeness (QED) is 0.856. The van der Waals surface area contributed by atoms with Crippen LogP contribution >= 0.6 is 10.7 Å². The lowest BCUT2D eigenvalue weighted by Gasteiger charge is -1.92. The first-order valence-electron chi connectivity index (χ1n) is 4.57. The van der Waals surface area contributed by atoms with E-state index < -0.39 is 9.05 Å². The molecule has 1 heterocycles. The number of aromatic nitrogens is 2. The lowest BCUT2D eigenvalue weighted by molar-refractivity contribution is 0.608. The second kappa shape index (κ2) is 4.27. The van der Waals surface area contributed by atoms with Gasteiger partial charge in [-0.2, -0.15) is 5.10 Å². The summed E-state index contributed by atoms with van der Waals surface area (Å²) in [6.45, 7) is 0. The fourth-order valence-electron chi connectivity index (χ4n) is 1.38. The van der Waals surface area contributed by atoms with Gasteiger partial charge in [-0.3, -0.25) is 5.10 Å². The topological polar surface area (TPSA) is 62.8 Å². The fraction of sp³-hybridized carbons (Fsp3) is 0.100. The summed E-state index contributed by atoms with van der Waals surface area (Å²) in [5.74, 6) is -0.242. The number of rotatable bonds is 3. The van der Waals surface area contributed by atoms with Gasteiger partial charge in [-0.25, -0.2) is 8.42 Å². The van der Waals surface area contributed by atoms with Crippen LogP contribution in [-0.4, -0.2) is 18.6 Å². The summed E-state index contributed by atoms with van der Waals surface area (Å²) >= 11 is 0. The Labute approximate surface area is 97.7 Å². The molecular weight excluding hydrogens is 248 g/mol. The molecule has 0 aliphatic carbocycles. The second-order valence-corrected chi connectivity index (χ2v) is 6.10. The molecule has 0 spiro atoms. The average molecular weight is 257 g/mol. The van der Waals surface area contributed by atoms with Crippen molar-refractivity contribution in [3.05, 3.63) is 42.1 Å². The van der Waals surface area contributed by atoms with Gasteiger partial charge in [-0.15, -0.1) is 0 Å². The van der Waals surface area contributed by atoms with Crippen LogP contribution in [0.2, 0.25) is 0 Å². The van der Waals surface area contributed by atoms with Crippen molar-refractivity contribution in [2.75, 3.05) is 0 Å². The summed E-state index contributed by atoms with van der Waals surface area (Å²) in [5.41, 5.74) is 2.11. The average Bonchev–Trinajstić information content (AvgIpc) is 2.65. The van der Waals surface area contributed by atoms with Gasteiger partial charge in [0.2, 0.25) is 9.05 Å². The van der Waals surface area contributed by atoms with Crippen molar-refractivity contribution in [3.8, 4) is 11.3 Å². The first-order valence-corrected chi connectivity index (χ1v) is 7.04. The highest BCUT2D eigenvalue weighted by Gasteiger charge is 2.10. The van der Waals surface area contributed by atoms with Gasteiger partial charge in [0.05, 0.1) is 11.4 Å². The number of aromatic amines is 1. The van der Waals surface area contributed by atoms with Crippen LogP contribution in [0.15, 0.2) is 36.4 Å². The first kappa shape index (κ1) is 11.2. The third-order valence-electron chi connectivity index (χ3n) is 2.03. The van der Waals surface area contributed by atoms with Crippen LogP contribution in [0.5, 0.6) is 0 Å². The zero-order valence-corrected chi connectivity index (χ0v) is 9.79. The van der Waals surface area contributed by atoms with E-state index in [0.29, 0.717) is 11.4 Å². The SMILES string of the molecule is O=S(=O)(Cl)Cc1cc(-c2ccccc2)n[nH]1. The maximum atomic E-state index is 10.9. The highest BCUT2D eigenvalue weighted by molar-refractivity contribution is 8.13. The minimum Gasteiger partial charge on any atom is -0.281 e. The predicted molar refractivity (Wildman–Crippen MR) is 62.5 cm³/mol. The molecule has 0 radical (unpaired) electrons. The van der Waals surface area contributed by atoms with Gasteiger partial charge in [0, 0.05) is 16.2 Å². The molecule has 1 aromatic heterocycles. The number of nitrogens with one attached hydrogen (secondary N) is 1. The minimum absolute atomic E-state index is 0.242. The van der Waals surface area contributed by atoms with E-state index in [1.54, 1.807) is 6.07 Å². The standard InChI is InChI=1S/C10H9ClN2O2S/c11-16(14,15)7-9-6-10(13-12-9)8-4-2-1-3-5-8/h1-6H,7H2,(H,12,13). The third kappa shape index (κ3) is 2.84. The summed E-state index contributed by atoms with van der Waals surface area (Å²) in [6.07, 6.45) is 0. The number of hydrogen-bond acceptors (Lipinski definition) is 3. The largest absolute Gasteiger partial charge is 0.281 e. The van der Waals surface area contributed by atoms with E-state index in [0.717, 1.165) is 5.56 Å². The molecule has 6 heteroatoms. The molecule has 2 rings (SSSR count). The molecule has 0 bridgehead atoms. The molecule has 2 aromatic rings. The summed E-state index contributed by atoms with van der Waals surface area (Å²) < 4.78 is 21.7. The molecule has 0 fully saturated rings. The summed E-state index contributed by atoms with van der Waals surface area (Å²) in [6, 6.07) is 11.2. The molecule has 1 N–H and O–H groups in total. The summed E-state index contributed by atoms with van der Waals surface area (Å²) in [4.78, 5) is 0. The molecule has 0 aliphatic rings. The maximum absolute atomic E-state index is 10.9. The Kier molecular flexibility index (Phi) is 2.98. The molecule has 0 saturated carbocycles. The van der Waals surface area contributed by atoms with E-state index in [1.807, 2.05) is 30.3 Å². The number of H-pyrrole nitrogens is 1. The minimum atomic E-state index is -3.55. The zero-order chi connectivity index (χ0) is 11.6. The van der Waals surface area contributed by atoms with Crippen molar-refractivity contribution in [2.45, 2.75) is 5.75 Å². The zero-order valence-electron chi connectivity index (χ0n) is 8.22. The Hall–Kier alpha value is -1.33. The normalized spacial score (nSPS) is 11.6. The van der Waals surface area contributed by atoms with Crippen molar-refractivity contribution in [1.82, 2.24) is 10.2 Å². The van der Waals surface area contributed by atoms with E-state index in [9.17, 15) is 8.42 Å². The Morgan fingerprint density at radius 2 is 1.94 bits per heavy atom. The molecule has 84 valence electrons. The lowest BCUT2D eigenvalue weighted by atomic mass is 10.1. The molecule has 1 aromatic carbocycles. The van der Waals surface area contributed by atoms with E-state index in [1.165, 1.54) is 0 Å².